The van der Waals surface area contributed by atoms with E-state index < -0.39 is 0 Å². The van der Waals surface area contributed by atoms with Crippen molar-refractivity contribution in [1.82, 2.24) is 14.6 Å². The maximum atomic E-state index is 6.05. The van der Waals surface area contributed by atoms with Crippen molar-refractivity contribution in [2.24, 2.45) is 5.92 Å². The fourth-order valence-corrected chi connectivity index (χ4v) is 3.22. The van der Waals surface area contributed by atoms with Gasteiger partial charge in [-0.15, -0.1) is 10.2 Å². The van der Waals surface area contributed by atoms with Crippen LogP contribution in [0, 0.1) is 5.92 Å². The minimum absolute atomic E-state index is 0.587. The van der Waals surface area contributed by atoms with Crippen LogP contribution in [0.5, 0.6) is 0 Å². The third kappa shape index (κ3) is 2.68. The highest BCUT2D eigenvalue weighted by Gasteiger charge is 2.15. The zero-order valence-corrected chi connectivity index (χ0v) is 11.7. The number of halogens is 1. The lowest BCUT2D eigenvalue weighted by Crippen LogP contribution is -2.08. The van der Waals surface area contributed by atoms with Crippen LogP contribution >= 0.6 is 11.6 Å². The van der Waals surface area contributed by atoms with Gasteiger partial charge in [-0.3, -0.25) is 4.40 Å². The number of anilines is 1. The van der Waals surface area contributed by atoms with E-state index in [-0.39, 0.29) is 0 Å². The highest BCUT2D eigenvalue weighted by atomic mass is 35.5. The molecule has 2 aromatic rings. The second-order valence-corrected chi connectivity index (χ2v) is 5.90. The summed E-state index contributed by atoms with van der Waals surface area (Å²) in [5, 5.41) is 9.04. The van der Waals surface area contributed by atoms with Crippen molar-refractivity contribution >= 4 is 22.9 Å². The van der Waals surface area contributed by atoms with Gasteiger partial charge in [-0.25, -0.2) is 0 Å². The van der Waals surface area contributed by atoms with Crippen molar-refractivity contribution in [3.63, 3.8) is 0 Å². The van der Waals surface area contributed by atoms with Crippen LogP contribution in [-0.4, -0.2) is 14.6 Å². The molecule has 1 saturated carbocycles. The van der Waals surface area contributed by atoms with Crippen molar-refractivity contribution in [2.75, 3.05) is 5.73 Å². The molecule has 5 heteroatoms. The lowest BCUT2D eigenvalue weighted by atomic mass is 9.86. The molecule has 102 valence electrons. The number of aromatic nitrogens is 3. The molecule has 1 fully saturated rings. The largest absolute Gasteiger partial charge is 0.396 e. The highest BCUT2D eigenvalue weighted by Crippen LogP contribution is 2.27. The average molecular weight is 279 g/mol. The monoisotopic (exact) mass is 278 g/mol. The first-order valence-electron chi connectivity index (χ1n) is 7.02. The molecule has 0 saturated heterocycles. The average Bonchev–Trinajstić information content (AvgIpc) is 2.81. The molecule has 3 rings (SSSR count). The van der Waals surface area contributed by atoms with E-state index in [1.807, 2.05) is 10.6 Å². The van der Waals surface area contributed by atoms with Crippen LogP contribution < -0.4 is 5.73 Å². The van der Waals surface area contributed by atoms with Crippen molar-refractivity contribution < 1.29 is 0 Å². The molecular formula is C14H19ClN4. The Balaban J connectivity index is 1.77. The van der Waals surface area contributed by atoms with Crippen LogP contribution in [-0.2, 0) is 6.42 Å². The van der Waals surface area contributed by atoms with E-state index in [0.29, 0.717) is 16.4 Å². The molecule has 4 nitrogen and oxygen atoms in total. The Morgan fingerprint density at radius 2 is 2.05 bits per heavy atom. The summed E-state index contributed by atoms with van der Waals surface area (Å²) in [6, 6.07) is 1.72. The normalized spacial score (nSPS) is 17.1. The molecule has 0 amide bonds. The van der Waals surface area contributed by atoms with Crippen molar-refractivity contribution in [1.29, 1.82) is 0 Å². The van der Waals surface area contributed by atoms with Crippen LogP contribution in [0.25, 0.3) is 5.65 Å². The highest BCUT2D eigenvalue weighted by molar-refractivity contribution is 6.30. The van der Waals surface area contributed by atoms with Gasteiger partial charge in [0.2, 0.25) is 0 Å². The minimum Gasteiger partial charge on any atom is -0.396 e. The van der Waals surface area contributed by atoms with Gasteiger partial charge < -0.3 is 5.73 Å². The van der Waals surface area contributed by atoms with Crippen LogP contribution in [0.1, 0.15) is 44.3 Å². The first-order valence-corrected chi connectivity index (χ1v) is 7.40. The molecule has 2 N–H and O–H groups in total. The molecule has 0 radical (unpaired) electrons. The van der Waals surface area contributed by atoms with Gasteiger partial charge in [0.1, 0.15) is 5.82 Å². The predicted octanol–water partition coefficient (Wildman–Crippen LogP) is 3.48. The summed E-state index contributed by atoms with van der Waals surface area (Å²) < 4.78 is 1.93. The van der Waals surface area contributed by atoms with Crippen LogP contribution in [0.4, 0.5) is 5.69 Å². The molecule has 0 spiro atoms. The predicted molar refractivity (Wildman–Crippen MR) is 77.3 cm³/mol. The molecule has 0 bridgehead atoms. The number of nitrogens with zero attached hydrogens (tertiary/aromatic N) is 3. The Morgan fingerprint density at radius 1 is 1.26 bits per heavy atom. The number of aryl methyl sites for hydroxylation is 1. The molecule has 0 unspecified atom stereocenters. The Hall–Kier alpha value is -1.29. The molecule has 19 heavy (non-hydrogen) atoms. The van der Waals surface area contributed by atoms with Gasteiger partial charge in [-0.05, 0) is 18.4 Å². The summed E-state index contributed by atoms with van der Waals surface area (Å²) in [4.78, 5) is 0. The third-order valence-electron chi connectivity index (χ3n) is 4.07. The van der Waals surface area contributed by atoms with Gasteiger partial charge in [-0.2, -0.15) is 0 Å². The van der Waals surface area contributed by atoms with E-state index in [1.54, 1.807) is 6.07 Å². The molecule has 0 atom stereocenters. The standard InChI is InChI=1S/C14H19ClN4/c15-11-8-12(16)14-18-17-13(19(14)9-11)7-6-10-4-2-1-3-5-10/h8-10H,1-7,16H2. The topological polar surface area (TPSA) is 56.2 Å². The number of fused-ring (bicyclic) bond motifs is 1. The number of nitrogen functional groups attached to an aromatic ring is 1. The summed E-state index contributed by atoms with van der Waals surface area (Å²) in [5.41, 5.74) is 7.20. The van der Waals surface area contributed by atoms with E-state index >= 15 is 0 Å². The summed E-state index contributed by atoms with van der Waals surface area (Å²) in [5.74, 6) is 1.81. The Morgan fingerprint density at radius 3 is 2.84 bits per heavy atom. The smallest absolute Gasteiger partial charge is 0.184 e. The number of hydrogen-bond acceptors (Lipinski definition) is 3. The van der Waals surface area contributed by atoms with Gasteiger partial charge in [0, 0.05) is 12.6 Å². The molecule has 0 aromatic carbocycles. The molecule has 0 aliphatic heterocycles. The van der Waals surface area contributed by atoms with Gasteiger partial charge in [0.25, 0.3) is 0 Å². The fourth-order valence-electron chi connectivity index (χ4n) is 3.01. The van der Waals surface area contributed by atoms with Crippen molar-refractivity contribution in [3.8, 4) is 0 Å². The lowest BCUT2D eigenvalue weighted by molar-refractivity contribution is 0.337. The SMILES string of the molecule is Nc1cc(Cl)cn2c(CCC3CCCCC3)nnc12. The summed E-state index contributed by atoms with van der Waals surface area (Å²) in [6.45, 7) is 0. The zero-order valence-electron chi connectivity index (χ0n) is 11.0. The van der Waals surface area contributed by atoms with E-state index in [1.165, 1.54) is 38.5 Å². The van der Waals surface area contributed by atoms with Gasteiger partial charge in [0.15, 0.2) is 5.65 Å². The summed E-state index contributed by atoms with van der Waals surface area (Å²) in [6.07, 6.45) is 10.9. The molecule has 2 heterocycles. The maximum absolute atomic E-state index is 6.05. The van der Waals surface area contributed by atoms with Crippen LogP contribution in [0.15, 0.2) is 12.3 Å². The van der Waals surface area contributed by atoms with E-state index in [2.05, 4.69) is 10.2 Å². The Bertz CT molecular complexity index is 572. The number of rotatable bonds is 3. The van der Waals surface area contributed by atoms with Gasteiger partial charge in [0.05, 0.1) is 10.7 Å². The fraction of sp³-hybridized carbons (Fsp3) is 0.571. The summed E-state index contributed by atoms with van der Waals surface area (Å²) in [7, 11) is 0. The number of hydrogen-bond donors (Lipinski definition) is 1. The van der Waals surface area contributed by atoms with Crippen molar-refractivity contribution in [3.05, 3.63) is 23.1 Å². The minimum atomic E-state index is 0.587. The summed E-state index contributed by atoms with van der Waals surface area (Å²) >= 11 is 6.05. The van der Waals surface area contributed by atoms with Crippen molar-refractivity contribution in [2.45, 2.75) is 44.9 Å². The van der Waals surface area contributed by atoms with E-state index in [0.717, 1.165) is 18.2 Å². The van der Waals surface area contributed by atoms with E-state index in [9.17, 15) is 0 Å². The Kier molecular flexibility index (Phi) is 3.60. The second kappa shape index (κ2) is 5.37. The second-order valence-electron chi connectivity index (χ2n) is 5.47. The van der Waals surface area contributed by atoms with Crippen LogP contribution in [0.3, 0.4) is 0 Å². The number of pyridine rings is 1. The Labute approximate surface area is 118 Å². The van der Waals surface area contributed by atoms with Gasteiger partial charge in [-0.1, -0.05) is 43.7 Å². The lowest BCUT2D eigenvalue weighted by Gasteiger charge is -2.20. The first kappa shape index (κ1) is 12.7. The first-order chi connectivity index (χ1) is 9.24. The quantitative estimate of drug-likeness (QED) is 0.935. The molecule has 1 aliphatic rings. The zero-order chi connectivity index (χ0) is 13.2. The third-order valence-corrected chi connectivity index (χ3v) is 4.28. The number of nitrogens with two attached hydrogens (primary N) is 1. The molecule has 2 aromatic heterocycles. The van der Waals surface area contributed by atoms with Gasteiger partial charge >= 0.3 is 0 Å². The maximum Gasteiger partial charge on any atom is 0.184 e. The molecular weight excluding hydrogens is 260 g/mol. The van der Waals surface area contributed by atoms with E-state index in [4.69, 9.17) is 17.3 Å². The molecule has 1 aliphatic carbocycles. The van der Waals surface area contributed by atoms with Crippen LogP contribution in [0.2, 0.25) is 5.02 Å².